The number of hydrogen-bond donors (Lipinski definition) is 1. The molecule has 0 radical (unpaired) electrons. The maximum atomic E-state index is 12.6. The monoisotopic (exact) mass is 314 g/mol. The van der Waals surface area contributed by atoms with Crippen LogP contribution in [0.15, 0.2) is 34.9 Å². The molecule has 0 saturated carbocycles. The first kappa shape index (κ1) is 15.7. The van der Waals surface area contributed by atoms with Crippen molar-refractivity contribution in [1.82, 2.24) is 10.1 Å². The van der Waals surface area contributed by atoms with Crippen LogP contribution in [0.5, 0.6) is 0 Å². The second-order valence-corrected chi connectivity index (χ2v) is 6.35. The van der Waals surface area contributed by atoms with E-state index in [1.165, 1.54) is 0 Å². The molecule has 1 aliphatic rings. The van der Waals surface area contributed by atoms with Gasteiger partial charge in [0.05, 0.1) is 18.7 Å². The van der Waals surface area contributed by atoms with E-state index in [-0.39, 0.29) is 17.9 Å². The molecule has 5 heteroatoms. The lowest BCUT2D eigenvalue weighted by Gasteiger charge is -2.27. The Balaban J connectivity index is 1.75. The molecule has 0 spiro atoms. The van der Waals surface area contributed by atoms with Gasteiger partial charge in [-0.15, -0.1) is 0 Å². The normalized spacial score (nSPS) is 20.9. The van der Waals surface area contributed by atoms with Crippen molar-refractivity contribution in [3.05, 3.63) is 52.9 Å². The predicted molar refractivity (Wildman–Crippen MR) is 86.1 cm³/mol. The van der Waals surface area contributed by atoms with E-state index in [9.17, 15) is 9.90 Å². The van der Waals surface area contributed by atoms with Crippen molar-refractivity contribution in [3.63, 3.8) is 0 Å². The molecule has 122 valence electrons. The van der Waals surface area contributed by atoms with Crippen molar-refractivity contribution in [2.45, 2.75) is 32.1 Å². The van der Waals surface area contributed by atoms with Crippen molar-refractivity contribution in [1.29, 1.82) is 0 Å². The number of likely N-dealkylation sites (tertiary alicyclic amines) is 1. The van der Waals surface area contributed by atoms with Gasteiger partial charge in [0.2, 0.25) is 5.91 Å². The van der Waals surface area contributed by atoms with Crippen LogP contribution in [-0.2, 0) is 16.6 Å². The molecule has 1 N–H and O–H groups in total. The summed E-state index contributed by atoms with van der Waals surface area (Å²) in [7, 11) is 0. The summed E-state index contributed by atoms with van der Waals surface area (Å²) in [5.74, 6) is 0.761. The van der Waals surface area contributed by atoms with E-state index in [4.69, 9.17) is 4.52 Å². The molecule has 2 aromatic rings. The average molecular weight is 314 g/mol. The van der Waals surface area contributed by atoms with Gasteiger partial charge in [0.25, 0.3) is 0 Å². The Morgan fingerprint density at radius 3 is 2.70 bits per heavy atom. The molecule has 1 aromatic carbocycles. The zero-order valence-electron chi connectivity index (χ0n) is 13.6. The van der Waals surface area contributed by atoms with Crippen LogP contribution in [0.1, 0.15) is 29.0 Å². The molecule has 1 amide bonds. The molecule has 5 nitrogen and oxygen atoms in total. The SMILES string of the molecule is Cc1noc(C)c1CC(=O)N1CCC(CO)(c2ccccc2)C1. The quantitative estimate of drug-likeness (QED) is 0.937. The van der Waals surface area contributed by atoms with Gasteiger partial charge in [0.1, 0.15) is 5.76 Å². The van der Waals surface area contributed by atoms with Crippen molar-refractivity contribution in [2.24, 2.45) is 0 Å². The van der Waals surface area contributed by atoms with Gasteiger partial charge in [-0.25, -0.2) is 0 Å². The minimum absolute atomic E-state index is 0.0477. The molecule has 0 bridgehead atoms. The number of nitrogens with zero attached hydrogens (tertiary/aromatic N) is 2. The highest BCUT2D eigenvalue weighted by molar-refractivity contribution is 5.79. The first-order valence-corrected chi connectivity index (χ1v) is 7.92. The summed E-state index contributed by atoms with van der Waals surface area (Å²) in [6.45, 7) is 4.94. The third-order valence-electron chi connectivity index (χ3n) is 4.90. The second kappa shape index (κ2) is 6.16. The number of hydrogen-bond acceptors (Lipinski definition) is 4. The highest BCUT2D eigenvalue weighted by atomic mass is 16.5. The van der Waals surface area contributed by atoms with E-state index in [1.54, 1.807) is 0 Å². The Bertz CT molecular complexity index is 676. The van der Waals surface area contributed by atoms with Crippen LogP contribution in [0.25, 0.3) is 0 Å². The van der Waals surface area contributed by atoms with Gasteiger partial charge >= 0.3 is 0 Å². The number of aromatic nitrogens is 1. The summed E-state index contributed by atoms with van der Waals surface area (Å²) >= 11 is 0. The van der Waals surface area contributed by atoms with Crippen molar-refractivity contribution in [2.75, 3.05) is 19.7 Å². The number of amides is 1. The van der Waals surface area contributed by atoms with Crippen molar-refractivity contribution >= 4 is 5.91 Å². The summed E-state index contributed by atoms with van der Waals surface area (Å²) in [6.07, 6.45) is 1.08. The molecule has 0 aliphatic carbocycles. The van der Waals surface area contributed by atoms with Gasteiger partial charge in [-0.1, -0.05) is 35.5 Å². The number of aryl methyl sites for hydroxylation is 2. The Labute approximate surface area is 135 Å². The maximum Gasteiger partial charge on any atom is 0.227 e. The van der Waals surface area contributed by atoms with Gasteiger partial charge in [-0.05, 0) is 25.8 Å². The number of benzene rings is 1. The molecule has 1 aliphatic heterocycles. The molecule has 1 aromatic heterocycles. The zero-order valence-corrected chi connectivity index (χ0v) is 13.6. The molecule has 3 rings (SSSR count). The topological polar surface area (TPSA) is 66.6 Å². The molecule has 1 fully saturated rings. The summed E-state index contributed by atoms with van der Waals surface area (Å²) < 4.78 is 5.13. The fourth-order valence-corrected chi connectivity index (χ4v) is 3.35. The first-order chi connectivity index (χ1) is 11.1. The van der Waals surface area contributed by atoms with Crippen LogP contribution in [0.2, 0.25) is 0 Å². The van der Waals surface area contributed by atoms with Gasteiger partial charge in [-0.3, -0.25) is 4.79 Å². The lowest BCUT2D eigenvalue weighted by atomic mass is 9.80. The Morgan fingerprint density at radius 2 is 2.09 bits per heavy atom. The number of carbonyl (C=O) groups excluding carboxylic acids is 1. The van der Waals surface area contributed by atoms with Gasteiger partial charge in [0, 0.05) is 24.1 Å². The Morgan fingerprint density at radius 1 is 1.35 bits per heavy atom. The predicted octanol–water partition coefficient (Wildman–Crippen LogP) is 2.00. The van der Waals surface area contributed by atoms with E-state index >= 15 is 0 Å². The van der Waals surface area contributed by atoms with Crippen LogP contribution >= 0.6 is 0 Å². The summed E-state index contributed by atoms with van der Waals surface area (Å²) in [5, 5.41) is 13.9. The van der Waals surface area contributed by atoms with E-state index < -0.39 is 0 Å². The molecule has 23 heavy (non-hydrogen) atoms. The van der Waals surface area contributed by atoms with Crippen molar-refractivity contribution in [3.8, 4) is 0 Å². The van der Waals surface area contributed by atoms with Gasteiger partial charge < -0.3 is 14.5 Å². The number of aliphatic hydroxyl groups is 1. The van der Waals surface area contributed by atoms with Gasteiger partial charge in [0.15, 0.2) is 0 Å². The third kappa shape index (κ3) is 2.88. The Hall–Kier alpha value is -2.14. The zero-order chi connectivity index (χ0) is 16.4. The smallest absolute Gasteiger partial charge is 0.227 e. The second-order valence-electron chi connectivity index (χ2n) is 6.35. The summed E-state index contributed by atoms with van der Waals surface area (Å²) in [6, 6.07) is 9.96. The Kier molecular flexibility index (Phi) is 4.22. The largest absolute Gasteiger partial charge is 0.395 e. The molecular weight excluding hydrogens is 292 g/mol. The van der Waals surface area contributed by atoms with Gasteiger partial charge in [-0.2, -0.15) is 0 Å². The lowest BCUT2D eigenvalue weighted by molar-refractivity contribution is -0.129. The highest BCUT2D eigenvalue weighted by Gasteiger charge is 2.40. The van der Waals surface area contributed by atoms with Crippen LogP contribution in [0.4, 0.5) is 0 Å². The minimum Gasteiger partial charge on any atom is -0.395 e. The average Bonchev–Trinajstić information content (AvgIpc) is 3.15. The maximum absolute atomic E-state index is 12.6. The standard InChI is InChI=1S/C18H22N2O3/c1-13-16(14(2)23-19-13)10-17(22)20-9-8-18(11-20,12-21)15-6-4-3-5-7-15/h3-7,21H,8-12H2,1-2H3. The lowest BCUT2D eigenvalue weighted by Crippen LogP contribution is -2.37. The summed E-state index contributed by atoms with van der Waals surface area (Å²) in [4.78, 5) is 14.5. The molecule has 2 heterocycles. The third-order valence-corrected chi connectivity index (χ3v) is 4.90. The van der Waals surface area contributed by atoms with Crippen LogP contribution in [0.3, 0.4) is 0 Å². The number of rotatable bonds is 4. The van der Waals surface area contributed by atoms with Crippen LogP contribution in [-0.4, -0.2) is 40.8 Å². The fraction of sp³-hybridized carbons (Fsp3) is 0.444. The van der Waals surface area contributed by atoms with E-state index in [2.05, 4.69) is 5.16 Å². The molecule has 1 atom stereocenters. The van der Waals surface area contributed by atoms with Crippen LogP contribution in [0, 0.1) is 13.8 Å². The van der Waals surface area contributed by atoms with E-state index in [0.29, 0.717) is 25.3 Å². The number of aliphatic hydroxyl groups excluding tert-OH is 1. The van der Waals surface area contributed by atoms with Crippen molar-refractivity contribution < 1.29 is 14.4 Å². The van der Waals surface area contributed by atoms with E-state index in [0.717, 1.165) is 23.2 Å². The summed E-state index contributed by atoms with van der Waals surface area (Å²) in [5.41, 5.74) is 2.38. The molecular formula is C18H22N2O3. The fourth-order valence-electron chi connectivity index (χ4n) is 3.35. The minimum atomic E-state index is -0.352. The van der Waals surface area contributed by atoms with E-state index in [1.807, 2.05) is 49.1 Å². The molecule has 1 saturated heterocycles. The molecule has 1 unspecified atom stereocenters. The first-order valence-electron chi connectivity index (χ1n) is 7.92. The number of carbonyl (C=O) groups is 1. The van der Waals surface area contributed by atoms with Crippen LogP contribution < -0.4 is 0 Å². The highest BCUT2D eigenvalue weighted by Crippen LogP contribution is 2.34.